The summed E-state index contributed by atoms with van der Waals surface area (Å²) in [6.07, 6.45) is 4.14. The van der Waals surface area contributed by atoms with E-state index in [2.05, 4.69) is 25.2 Å². The third kappa shape index (κ3) is 4.46. The number of halogens is 1. The lowest BCUT2D eigenvalue weighted by atomic mass is 9.98. The monoisotopic (exact) mass is 441 g/mol. The van der Waals surface area contributed by atoms with Gasteiger partial charge in [-0.3, -0.25) is 14.7 Å². The van der Waals surface area contributed by atoms with Crippen molar-refractivity contribution in [3.8, 4) is 5.75 Å². The molecule has 1 N–H and O–H groups in total. The van der Waals surface area contributed by atoms with E-state index in [1.54, 1.807) is 6.20 Å². The highest BCUT2D eigenvalue weighted by atomic mass is 35.5. The van der Waals surface area contributed by atoms with Crippen molar-refractivity contribution in [1.82, 2.24) is 19.9 Å². The molecule has 1 fully saturated rings. The summed E-state index contributed by atoms with van der Waals surface area (Å²) >= 11 is 0. The number of carbonyl (C=O) groups excluding carboxylic acids is 1. The van der Waals surface area contributed by atoms with Gasteiger partial charge in [0.1, 0.15) is 18.0 Å². The number of nitrogens with one attached hydrogen (secondary N) is 1. The quantitative estimate of drug-likeness (QED) is 0.588. The van der Waals surface area contributed by atoms with Crippen LogP contribution in [0.2, 0.25) is 0 Å². The number of amides is 1. The van der Waals surface area contributed by atoms with Crippen molar-refractivity contribution in [3.05, 3.63) is 54.2 Å². The van der Waals surface area contributed by atoms with Crippen LogP contribution in [0.15, 0.2) is 42.9 Å². The van der Waals surface area contributed by atoms with E-state index in [0.717, 1.165) is 61.6 Å². The molecular formula is C22H24ClN5O3. The summed E-state index contributed by atoms with van der Waals surface area (Å²) in [5, 5.41) is 3.72. The first-order chi connectivity index (χ1) is 14.8. The lowest BCUT2D eigenvalue weighted by Gasteiger charge is -2.26. The average molecular weight is 442 g/mol. The number of aromatic nitrogens is 3. The summed E-state index contributed by atoms with van der Waals surface area (Å²) in [7, 11) is 0. The van der Waals surface area contributed by atoms with E-state index in [4.69, 9.17) is 9.47 Å². The zero-order valence-electron chi connectivity index (χ0n) is 17.0. The van der Waals surface area contributed by atoms with E-state index in [-0.39, 0.29) is 18.3 Å². The molecule has 162 valence electrons. The molecule has 1 atom stereocenters. The van der Waals surface area contributed by atoms with Crippen LogP contribution in [0.4, 0.5) is 5.69 Å². The number of morpholine rings is 1. The number of hydrogen-bond acceptors (Lipinski definition) is 7. The molecule has 0 bridgehead atoms. The van der Waals surface area contributed by atoms with Gasteiger partial charge in [0.25, 0.3) is 0 Å². The van der Waals surface area contributed by atoms with Gasteiger partial charge in [-0.15, -0.1) is 12.4 Å². The number of benzene rings is 1. The molecule has 1 saturated heterocycles. The van der Waals surface area contributed by atoms with E-state index in [0.29, 0.717) is 18.0 Å². The minimum Gasteiger partial charge on any atom is -0.493 e. The summed E-state index contributed by atoms with van der Waals surface area (Å²) in [6, 6.07) is 9.41. The minimum absolute atomic E-state index is 0. The fraction of sp³-hybridized carbons (Fsp3) is 0.364. The summed E-state index contributed by atoms with van der Waals surface area (Å²) in [6.45, 7) is 5.25. The Kier molecular flexibility index (Phi) is 6.60. The number of fused-ring (bicyclic) bond motifs is 2. The van der Waals surface area contributed by atoms with Gasteiger partial charge in [0.05, 0.1) is 42.4 Å². The highest BCUT2D eigenvalue weighted by Crippen LogP contribution is 2.37. The Morgan fingerprint density at radius 2 is 2.00 bits per heavy atom. The fourth-order valence-corrected chi connectivity index (χ4v) is 4.02. The van der Waals surface area contributed by atoms with Gasteiger partial charge in [0.2, 0.25) is 5.91 Å². The molecule has 1 amide bonds. The summed E-state index contributed by atoms with van der Waals surface area (Å²) in [5.74, 6) is 0.114. The van der Waals surface area contributed by atoms with Crippen LogP contribution in [0.5, 0.6) is 5.75 Å². The molecule has 0 spiro atoms. The predicted molar refractivity (Wildman–Crippen MR) is 119 cm³/mol. The van der Waals surface area contributed by atoms with Crippen LogP contribution in [0, 0.1) is 0 Å². The highest BCUT2D eigenvalue weighted by Gasteiger charge is 2.35. The van der Waals surface area contributed by atoms with Crippen LogP contribution < -0.4 is 10.1 Å². The first kappa shape index (κ1) is 21.4. The van der Waals surface area contributed by atoms with Crippen molar-refractivity contribution in [2.45, 2.75) is 12.3 Å². The van der Waals surface area contributed by atoms with Gasteiger partial charge in [-0.05, 0) is 30.7 Å². The Labute approximate surface area is 186 Å². The number of pyridine rings is 1. The number of rotatable bonds is 6. The maximum Gasteiger partial charge on any atom is 0.239 e. The maximum absolute atomic E-state index is 12.6. The topological polar surface area (TPSA) is 89.5 Å². The largest absolute Gasteiger partial charge is 0.493 e. The Hall–Kier alpha value is -2.81. The number of nitrogens with zero attached hydrogens (tertiary/aromatic N) is 4. The average Bonchev–Trinajstić information content (AvgIpc) is 3.12. The van der Waals surface area contributed by atoms with E-state index in [9.17, 15) is 4.79 Å². The van der Waals surface area contributed by atoms with E-state index in [1.165, 1.54) is 6.33 Å². The van der Waals surface area contributed by atoms with Crippen LogP contribution in [0.25, 0.3) is 10.9 Å². The molecule has 2 aromatic heterocycles. The van der Waals surface area contributed by atoms with Crippen LogP contribution in [0.1, 0.15) is 23.7 Å². The molecule has 0 aliphatic carbocycles. The van der Waals surface area contributed by atoms with Crippen molar-refractivity contribution >= 4 is 34.9 Å². The lowest BCUT2D eigenvalue weighted by Crippen LogP contribution is -2.37. The van der Waals surface area contributed by atoms with Crippen LogP contribution in [0.3, 0.4) is 0 Å². The zero-order valence-corrected chi connectivity index (χ0v) is 17.8. The van der Waals surface area contributed by atoms with Gasteiger partial charge in [0.15, 0.2) is 0 Å². The SMILES string of the molecule is Cl.O=C1Nc2cccnc2C1c1ncnc2cc(OCCCN3CCOCC3)ccc12. The second-order valence-corrected chi connectivity index (χ2v) is 7.45. The first-order valence-corrected chi connectivity index (χ1v) is 10.2. The van der Waals surface area contributed by atoms with E-state index in [1.807, 2.05) is 30.3 Å². The standard InChI is InChI=1S/C22H23N5O3.ClH/c28-22-19(21-17(26-22)3-1-6-23-21)20-16-5-4-15(13-18(16)24-14-25-20)30-10-2-7-27-8-11-29-12-9-27;/h1,3-6,13-14,19H,2,7-12H2,(H,26,28);1H. The molecule has 3 aromatic rings. The van der Waals surface area contributed by atoms with Crippen LogP contribution in [-0.4, -0.2) is 65.2 Å². The molecule has 2 aliphatic rings. The summed E-state index contributed by atoms with van der Waals surface area (Å²) in [4.78, 5) is 28.2. The molecule has 31 heavy (non-hydrogen) atoms. The highest BCUT2D eigenvalue weighted by molar-refractivity contribution is 6.06. The van der Waals surface area contributed by atoms with Gasteiger partial charge in [-0.2, -0.15) is 0 Å². The molecule has 2 aliphatic heterocycles. The van der Waals surface area contributed by atoms with Gasteiger partial charge < -0.3 is 14.8 Å². The molecule has 9 heteroatoms. The third-order valence-electron chi connectivity index (χ3n) is 5.54. The van der Waals surface area contributed by atoms with Gasteiger partial charge in [0, 0.05) is 37.3 Å². The lowest BCUT2D eigenvalue weighted by molar-refractivity contribution is -0.116. The molecule has 8 nitrogen and oxygen atoms in total. The molecule has 5 rings (SSSR count). The maximum atomic E-state index is 12.6. The number of ether oxygens (including phenoxy) is 2. The Morgan fingerprint density at radius 3 is 2.87 bits per heavy atom. The summed E-state index contributed by atoms with van der Waals surface area (Å²) < 4.78 is 11.3. The predicted octanol–water partition coefficient (Wildman–Crippen LogP) is 2.63. The zero-order chi connectivity index (χ0) is 20.3. The molecule has 0 saturated carbocycles. The van der Waals surface area contributed by atoms with Crippen molar-refractivity contribution in [2.75, 3.05) is 44.8 Å². The van der Waals surface area contributed by atoms with Crippen molar-refractivity contribution in [1.29, 1.82) is 0 Å². The van der Waals surface area contributed by atoms with E-state index >= 15 is 0 Å². The Morgan fingerprint density at radius 1 is 1.13 bits per heavy atom. The number of carbonyl (C=O) groups is 1. The first-order valence-electron chi connectivity index (χ1n) is 10.2. The van der Waals surface area contributed by atoms with Gasteiger partial charge in [-0.1, -0.05) is 0 Å². The van der Waals surface area contributed by atoms with Crippen molar-refractivity contribution in [2.24, 2.45) is 0 Å². The van der Waals surface area contributed by atoms with Crippen molar-refractivity contribution < 1.29 is 14.3 Å². The third-order valence-corrected chi connectivity index (χ3v) is 5.54. The Bertz CT molecular complexity index is 1070. The molecule has 1 unspecified atom stereocenters. The van der Waals surface area contributed by atoms with Gasteiger partial charge in [-0.25, -0.2) is 9.97 Å². The van der Waals surface area contributed by atoms with Crippen molar-refractivity contribution in [3.63, 3.8) is 0 Å². The molecule has 0 radical (unpaired) electrons. The number of anilines is 1. The normalized spacial score (nSPS) is 18.3. The van der Waals surface area contributed by atoms with Gasteiger partial charge >= 0.3 is 0 Å². The number of hydrogen-bond donors (Lipinski definition) is 1. The van der Waals surface area contributed by atoms with E-state index < -0.39 is 5.92 Å². The molecular weight excluding hydrogens is 418 g/mol. The second kappa shape index (κ2) is 9.55. The fourth-order valence-electron chi connectivity index (χ4n) is 4.02. The van der Waals surface area contributed by atoms with Crippen LogP contribution in [-0.2, 0) is 9.53 Å². The molecule has 1 aromatic carbocycles. The Balaban J connectivity index is 0.00000231. The molecule has 4 heterocycles. The van der Waals surface area contributed by atoms with Crippen LogP contribution >= 0.6 is 12.4 Å². The smallest absolute Gasteiger partial charge is 0.239 e. The second-order valence-electron chi connectivity index (χ2n) is 7.45. The minimum atomic E-state index is -0.535. The summed E-state index contributed by atoms with van der Waals surface area (Å²) in [5.41, 5.74) is 2.85.